The SMILES string of the molecule is C=C/C=N\C=C/NC. The third kappa shape index (κ3) is 4.95. The fourth-order valence-electron chi connectivity index (χ4n) is 0.228. The summed E-state index contributed by atoms with van der Waals surface area (Å²) in [7, 11) is 1.82. The normalized spacial score (nSPS) is 10.6. The maximum absolute atomic E-state index is 3.79. The molecule has 0 unspecified atom stereocenters. The lowest BCUT2D eigenvalue weighted by molar-refractivity contribution is 1.09. The smallest absolute Gasteiger partial charge is 0.0424 e. The fourth-order valence-corrected chi connectivity index (χ4v) is 0.228. The van der Waals surface area contributed by atoms with Crippen LogP contribution in [0.2, 0.25) is 0 Å². The van der Waals surface area contributed by atoms with Gasteiger partial charge in [-0.3, -0.25) is 4.99 Å². The van der Waals surface area contributed by atoms with E-state index in [1.807, 2.05) is 7.05 Å². The average Bonchev–Trinajstić information content (AvgIpc) is 1.81. The van der Waals surface area contributed by atoms with Gasteiger partial charge in [0.1, 0.15) is 0 Å². The zero-order valence-electron chi connectivity index (χ0n) is 4.96. The number of rotatable bonds is 3. The zero-order valence-corrected chi connectivity index (χ0v) is 4.96. The summed E-state index contributed by atoms with van der Waals surface area (Å²) in [6, 6.07) is 0. The van der Waals surface area contributed by atoms with E-state index in [1.165, 1.54) is 0 Å². The van der Waals surface area contributed by atoms with E-state index in [0.29, 0.717) is 0 Å². The van der Waals surface area contributed by atoms with Gasteiger partial charge in [0.2, 0.25) is 0 Å². The Balaban J connectivity index is 3.26. The molecular formula is C6H10N2. The van der Waals surface area contributed by atoms with Gasteiger partial charge in [0.05, 0.1) is 0 Å². The Morgan fingerprint density at radius 2 is 2.38 bits per heavy atom. The van der Waals surface area contributed by atoms with E-state index >= 15 is 0 Å². The Labute approximate surface area is 49.6 Å². The first kappa shape index (κ1) is 6.95. The van der Waals surface area contributed by atoms with Crippen molar-refractivity contribution >= 4 is 6.21 Å². The highest BCUT2D eigenvalue weighted by Gasteiger charge is 1.56. The molecule has 0 spiro atoms. The highest BCUT2D eigenvalue weighted by molar-refractivity contribution is 5.70. The van der Waals surface area contributed by atoms with Crippen LogP contribution in [0.3, 0.4) is 0 Å². The highest BCUT2D eigenvalue weighted by atomic mass is 14.8. The largest absolute Gasteiger partial charge is 0.393 e. The van der Waals surface area contributed by atoms with Gasteiger partial charge in [-0.15, -0.1) is 0 Å². The second-order valence-corrected chi connectivity index (χ2v) is 1.14. The van der Waals surface area contributed by atoms with Gasteiger partial charge in [-0.05, 0) is 0 Å². The van der Waals surface area contributed by atoms with Crippen LogP contribution in [0.4, 0.5) is 0 Å². The zero-order chi connectivity index (χ0) is 6.24. The molecule has 0 aliphatic heterocycles. The third-order valence-corrected chi connectivity index (χ3v) is 0.519. The van der Waals surface area contributed by atoms with Crippen molar-refractivity contribution in [3.63, 3.8) is 0 Å². The minimum atomic E-state index is 1.62. The van der Waals surface area contributed by atoms with Crippen LogP contribution in [-0.4, -0.2) is 13.3 Å². The third-order valence-electron chi connectivity index (χ3n) is 0.519. The standard InChI is InChI=1S/C6H10N2/c1-3-4-8-6-5-7-2/h3-7H,1H2,2H3/b6-5-,8-4-. The van der Waals surface area contributed by atoms with E-state index in [-0.39, 0.29) is 0 Å². The Kier molecular flexibility index (Phi) is 5.17. The number of nitrogens with one attached hydrogen (secondary N) is 1. The maximum atomic E-state index is 3.79. The maximum Gasteiger partial charge on any atom is 0.0424 e. The molecule has 2 heteroatoms. The van der Waals surface area contributed by atoms with Crippen LogP contribution in [0.25, 0.3) is 0 Å². The second-order valence-electron chi connectivity index (χ2n) is 1.14. The molecule has 0 aliphatic carbocycles. The summed E-state index contributed by atoms with van der Waals surface area (Å²) in [4.78, 5) is 3.79. The van der Waals surface area contributed by atoms with E-state index in [0.717, 1.165) is 0 Å². The molecule has 0 atom stereocenters. The van der Waals surface area contributed by atoms with Crippen LogP contribution in [0, 0.1) is 0 Å². The van der Waals surface area contributed by atoms with Crippen molar-refractivity contribution in [3.05, 3.63) is 25.1 Å². The van der Waals surface area contributed by atoms with Crippen molar-refractivity contribution in [1.29, 1.82) is 0 Å². The monoisotopic (exact) mass is 110 g/mol. The van der Waals surface area contributed by atoms with Crippen LogP contribution >= 0.6 is 0 Å². The molecule has 0 fully saturated rings. The molecule has 44 valence electrons. The van der Waals surface area contributed by atoms with E-state index in [4.69, 9.17) is 0 Å². The molecule has 0 aliphatic rings. The first-order valence-electron chi connectivity index (χ1n) is 2.38. The van der Waals surface area contributed by atoms with Gasteiger partial charge in [-0.1, -0.05) is 12.7 Å². The molecule has 0 heterocycles. The molecule has 0 bridgehead atoms. The average molecular weight is 110 g/mol. The molecule has 8 heavy (non-hydrogen) atoms. The molecule has 0 radical (unpaired) electrons. The second kappa shape index (κ2) is 5.95. The van der Waals surface area contributed by atoms with E-state index in [9.17, 15) is 0 Å². The van der Waals surface area contributed by atoms with Gasteiger partial charge < -0.3 is 5.32 Å². The van der Waals surface area contributed by atoms with E-state index in [2.05, 4.69) is 16.9 Å². The predicted octanol–water partition coefficient (Wildman–Crippen LogP) is 0.934. The summed E-state index contributed by atoms with van der Waals surface area (Å²) in [5.41, 5.74) is 0. The van der Waals surface area contributed by atoms with Crippen LogP contribution < -0.4 is 5.32 Å². The summed E-state index contributed by atoms with van der Waals surface area (Å²) >= 11 is 0. The van der Waals surface area contributed by atoms with E-state index < -0.39 is 0 Å². The van der Waals surface area contributed by atoms with Crippen molar-refractivity contribution in [2.75, 3.05) is 7.05 Å². The Morgan fingerprint density at radius 3 is 2.88 bits per heavy atom. The molecule has 2 nitrogen and oxygen atoms in total. The molecule has 0 aromatic heterocycles. The minimum absolute atomic E-state index is 1.62. The summed E-state index contributed by atoms with van der Waals surface area (Å²) < 4.78 is 0. The lowest BCUT2D eigenvalue weighted by Crippen LogP contribution is -1.89. The van der Waals surface area contributed by atoms with Gasteiger partial charge >= 0.3 is 0 Å². The first-order valence-corrected chi connectivity index (χ1v) is 2.38. The highest BCUT2D eigenvalue weighted by Crippen LogP contribution is 1.66. The minimum Gasteiger partial charge on any atom is -0.393 e. The topological polar surface area (TPSA) is 24.4 Å². The van der Waals surface area contributed by atoms with Crippen molar-refractivity contribution < 1.29 is 0 Å². The Bertz CT molecular complexity index is 103. The first-order chi connectivity index (χ1) is 3.91. The quantitative estimate of drug-likeness (QED) is 0.537. The van der Waals surface area contributed by atoms with Crippen LogP contribution in [0.1, 0.15) is 0 Å². The number of nitrogens with zero attached hydrogens (tertiary/aromatic N) is 1. The molecule has 0 aromatic carbocycles. The number of aliphatic imine (C=N–C) groups is 1. The summed E-state index contributed by atoms with van der Waals surface area (Å²) in [5, 5.41) is 2.80. The Hall–Kier alpha value is -1.05. The molecule has 0 amide bonds. The lowest BCUT2D eigenvalue weighted by Gasteiger charge is -1.78. The van der Waals surface area contributed by atoms with Crippen LogP contribution in [-0.2, 0) is 0 Å². The molecule has 0 saturated carbocycles. The van der Waals surface area contributed by atoms with Gasteiger partial charge in [-0.2, -0.15) is 0 Å². The number of allylic oxidation sites excluding steroid dienone is 1. The summed E-state index contributed by atoms with van der Waals surface area (Å²) in [5.74, 6) is 0. The summed E-state index contributed by atoms with van der Waals surface area (Å²) in [6.07, 6.45) is 6.63. The van der Waals surface area contributed by atoms with Crippen LogP contribution in [0.15, 0.2) is 30.0 Å². The van der Waals surface area contributed by atoms with Gasteiger partial charge in [0.15, 0.2) is 0 Å². The molecule has 0 rings (SSSR count). The number of hydrogen-bond donors (Lipinski definition) is 1. The Morgan fingerprint density at radius 1 is 1.62 bits per heavy atom. The molecule has 1 N–H and O–H groups in total. The number of hydrogen-bond acceptors (Lipinski definition) is 2. The van der Waals surface area contributed by atoms with E-state index in [1.54, 1.807) is 24.7 Å². The van der Waals surface area contributed by atoms with Gasteiger partial charge in [-0.25, -0.2) is 0 Å². The molecular weight excluding hydrogens is 100 g/mol. The van der Waals surface area contributed by atoms with Crippen LogP contribution in [0.5, 0.6) is 0 Å². The lowest BCUT2D eigenvalue weighted by atomic mass is 10.7. The van der Waals surface area contributed by atoms with Gasteiger partial charge in [0.25, 0.3) is 0 Å². The van der Waals surface area contributed by atoms with Crippen molar-refractivity contribution in [2.45, 2.75) is 0 Å². The van der Waals surface area contributed by atoms with Crippen molar-refractivity contribution in [3.8, 4) is 0 Å². The van der Waals surface area contributed by atoms with Gasteiger partial charge in [0, 0.05) is 25.7 Å². The summed E-state index contributed by atoms with van der Waals surface area (Å²) in [6.45, 7) is 3.45. The fraction of sp³-hybridized carbons (Fsp3) is 0.167. The van der Waals surface area contributed by atoms with Crippen molar-refractivity contribution in [2.24, 2.45) is 4.99 Å². The molecule has 0 saturated heterocycles. The van der Waals surface area contributed by atoms with Crippen molar-refractivity contribution in [1.82, 2.24) is 5.32 Å². The predicted molar refractivity (Wildman–Crippen MR) is 36.9 cm³/mol. The molecule has 0 aromatic rings.